The minimum Gasteiger partial charge on any atom is -0.496 e. The van der Waals surface area contributed by atoms with E-state index < -0.39 is 10.0 Å². The number of hydrogen-bond acceptors (Lipinski definition) is 3. The first-order valence-corrected chi connectivity index (χ1v) is 10.6. The zero-order valence-corrected chi connectivity index (χ0v) is 17.2. The van der Waals surface area contributed by atoms with Gasteiger partial charge in [-0.2, -0.15) is 4.31 Å². The minimum absolute atomic E-state index is 0.308. The Labute approximate surface area is 167 Å². The van der Waals surface area contributed by atoms with Gasteiger partial charge < -0.3 is 4.74 Å². The van der Waals surface area contributed by atoms with Gasteiger partial charge in [0.15, 0.2) is 0 Å². The number of sulfonamides is 1. The van der Waals surface area contributed by atoms with Gasteiger partial charge in [-0.25, -0.2) is 8.42 Å². The lowest BCUT2D eigenvalue weighted by molar-refractivity contribution is 0.399. The van der Waals surface area contributed by atoms with Gasteiger partial charge in [0.05, 0.1) is 12.0 Å². The van der Waals surface area contributed by atoms with E-state index in [-0.39, 0.29) is 0 Å². The standard InChI is InChI=1S/C23H25NO3S/c1-18-15-23(19(2)14-22(18)27-3)28(25,26)24(16-20-10-6-4-7-11-20)17-21-12-8-5-9-13-21/h4-15H,16-17H2,1-3H3. The molecular weight excluding hydrogens is 370 g/mol. The molecule has 0 radical (unpaired) electrons. The van der Waals surface area contributed by atoms with Crippen molar-refractivity contribution in [3.8, 4) is 5.75 Å². The number of ether oxygens (including phenoxy) is 1. The fraction of sp³-hybridized carbons (Fsp3) is 0.217. The zero-order chi connectivity index (χ0) is 20.1. The predicted molar refractivity (Wildman–Crippen MR) is 112 cm³/mol. The van der Waals surface area contributed by atoms with Crippen LogP contribution < -0.4 is 4.74 Å². The Balaban J connectivity index is 2.04. The maximum absolute atomic E-state index is 13.6. The van der Waals surface area contributed by atoms with Crippen LogP contribution in [0.3, 0.4) is 0 Å². The van der Waals surface area contributed by atoms with Crippen molar-refractivity contribution >= 4 is 10.0 Å². The van der Waals surface area contributed by atoms with Gasteiger partial charge in [0.2, 0.25) is 10.0 Å². The molecule has 0 heterocycles. The molecule has 0 aliphatic rings. The Kier molecular flexibility index (Phi) is 6.17. The monoisotopic (exact) mass is 395 g/mol. The summed E-state index contributed by atoms with van der Waals surface area (Å²) in [6.07, 6.45) is 0. The van der Waals surface area contributed by atoms with Crippen LogP contribution in [0.5, 0.6) is 5.75 Å². The van der Waals surface area contributed by atoms with E-state index in [9.17, 15) is 8.42 Å². The largest absolute Gasteiger partial charge is 0.496 e. The lowest BCUT2D eigenvalue weighted by Crippen LogP contribution is -2.31. The Bertz CT molecular complexity index is 991. The third-order valence-electron chi connectivity index (χ3n) is 4.71. The van der Waals surface area contributed by atoms with Crippen LogP contribution in [-0.2, 0) is 23.1 Å². The molecule has 5 heteroatoms. The molecule has 4 nitrogen and oxygen atoms in total. The van der Waals surface area contributed by atoms with Crippen molar-refractivity contribution in [2.75, 3.05) is 7.11 Å². The highest BCUT2D eigenvalue weighted by Crippen LogP contribution is 2.29. The first kappa shape index (κ1) is 20.1. The van der Waals surface area contributed by atoms with E-state index in [0.717, 1.165) is 16.7 Å². The second-order valence-corrected chi connectivity index (χ2v) is 8.74. The minimum atomic E-state index is -3.70. The molecule has 0 spiro atoms. The average molecular weight is 396 g/mol. The van der Waals surface area contributed by atoms with Crippen LogP contribution in [0, 0.1) is 13.8 Å². The Morgan fingerprint density at radius 1 is 0.786 bits per heavy atom. The van der Waals surface area contributed by atoms with E-state index in [1.807, 2.05) is 67.6 Å². The molecule has 0 aliphatic carbocycles. The topological polar surface area (TPSA) is 46.6 Å². The van der Waals surface area contributed by atoms with Crippen LogP contribution in [0.4, 0.5) is 0 Å². The number of benzene rings is 3. The quantitative estimate of drug-likeness (QED) is 0.582. The van der Waals surface area contributed by atoms with E-state index in [1.54, 1.807) is 26.2 Å². The summed E-state index contributed by atoms with van der Waals surface area (Å²) in [5.74, 6) is 0.689. The molecule has 0 N–H and O–H groups in total. The van der Waals surface area contributed by atoms with Crippen LogP contribution in [0.1, 0.15) is 22.3 Å². The Morgan fingerprint density at radius 2 is 1.29 bits per heavy atom. The van der Waals surface area contributed by atoms with Crippen LogP contribution in [-0.4, -0.2) is 19.8 Å². The highest BCUT2D eigenvalue weighted by atomic mass is 32.2. The normalized spacial score (nSPS) is 11.6. The lowest BCUT2D eigenvalue weighted by Gasteiger charge is -2.24. The first-order valence-electron chi connectivity index (χ1n) is 9.15. The summed E-state index contributed by atoms with van der Waals surface area (Å²) in [6.45, 7) is 4.28. The number of rotatable bonds is 7. The van der Waals surface area contributed by atoms with E-state index >= 15 is 0 Å². The van der Waals surface area contributed by atoms with Gasteiger partial charge in [0.1, 0.15) is 5.75 Å². The van der Waals surface area contributed by atoms with Gasteiger partial charge in [0.25, 0.3) is 0 Å². The summed E-state index contributed by atoms with van der Waals surface area (Å²) >= 11 is 0. The molecule has 0 aromatic heterocycles. The molecule has 0 atom stereocenters. The summed E-state index contributed by atoms with van der Waals surface area (Å²) < 4.78 is 34.1. The summed E-state index contributed by atoms with van der Waals surface area (Å²) in [7, 11) is -2.11. The number of aryl methyl sites for hydroxylation is 2. The predicted octanol–water partition coefficient (Wildman–Crippen LogP) is 4.70. The van der Waals surface area contributed by atoms with Crippen LogP contribution >= 0.6 is 0 Å². The van der Waals surface area contributed by atoms with Crippen LogP contribution in [0.25, 0.3) is 0 Å². The van der Waals surface area contributed by atoms with Crippen molar-refractivity contribution in [2.24, 2.45) is 0 Å². The third-order valence-corrected chi connectivity index (χ3v) is 6.65. The van der Waals surface area contributed by atoms with Gasteiger partial charge in [-0.15, -0.1) is 0 Å². The van der Waals surface area contributed by atoms with Crippen LogP contribution in [0.15, 0.2) is 77.7 Å². The van der Waals surface area contributed by atoms with Crippen molar-refractivity contribution in [2.45, 2.75) is 31.8 Å². The Morgan fingerprint density at radius 3 is 1.75 bits per heavy atom. The molecule has 3 aromatic rings. The molecular formula is C23H25NO3S. The highest BCUT2D eigenvalue weighted by Gasteiger charge is 2.27. The van der Waals surface area contributed by atoms with Gasteiger partial charge in [-0.1, -0.05) is 60.7 Å². The smallest absolute Gasteiger partial charge is 0.243 e. The number of nitrogens with zero attached hydrogens (tertiary/aromatic N) is 1. The van der Waals surface area contributed by atoms with E-state index in [1.165, 1.54) is 4.31 Å². The van der Waals surface area contributed by atoms with Crippen molar-refractivity contribution in [1.29, 1.82) is 0 Å². The molecule has 0 unspecified atom stereocenters. The molecule has 0 fully saturated rings. The molecule has 0 saturated heterocycles. The number of hydrogen-bond donors (Lipinski definition) is 0. The number of methoxy groups -OCH3 is 1. The molecule has 3 rings (SSSR count). The maximum Gasteiger partial charge on any atom is 0.243 e. The second-order valence-electron chi connectivity index (χ2n) is 6.83. The van der Waals surface area contributed by atoms with Crippen molar-refractivity contribution in [3.63, 3.8) is 0 Å². The van der Waals surface area contributed by atoms with Crippen LogP contribution in [0.2, 0.25) is 0 Å². The second kappa shape index (κ2) is 8.59. The fourth-order valence-electron chi connectivity index (χ4n) is 3.20. The first-order chi connectivity index (χ1) is 13.4. The summed E-state index contributed by atoms with van der Waals surface area (Å²) in [6, 6.07) is 22.8. The van der Waals surface area contributed by atoms with Crippen molar-refractivity contribution in [1.82, 2.24) is 4.31 Å². The van der Waals surface area contributed by atoms with E-state index in [2.05, 4.69) is 0 Å². The van der Waals surface area contributed by atoms with Crippen molar-refractivity contribution in [3.05, 3.63) is 95.1 Å². The molecule has 3 aromatic carbocycles. The average Bonchev–Trinajstić information content (AvgIpc) is 2.70. The van der Waals surface area contributed by atoms with Gasteiger partial charge in [-0.3, -0.25) is 0 Å². The highest BCUT2D eigenvalue weighted by molar-refractivity contribution is 7.89. The zero-order valence-electron chi connectivity index (χ0n) is 16.4. The van der Waals surface area contributed by atoms with Gasteiger partial charge in [-0.05, 0) is 48.2 Å². The van der Waals surface area contributed by atoms with Gasteiger partial charge in [0, 0.05) is 13.1 Å². The van der Waals surface area contributed by atoms with Gasteiger partial charge >= 0.3 is 0 Å². The van der Waals surface area contributed by atoms with E-state index in [0.29, 0.717) is 29.3 Å². The summed E-state index contributed by atoms with van der Waals surface area (Å²) in [5, 5.41) is 0. The summed E-state index contributed by atoms with van der Waals surface area (Å²) in [4.78, 5) is 0.317. The molecule has 0 saturated carbocycles. The summed E-state index contributed by atoms with van der Waals surface area (Å²) in [5.41, 5.74) is 3.37. The Hall–Kier alpha value is -2.63. The molecule has 0 bridgehead atoms. The molecule has 0 aliphatic heterocycles. The van der Waals surface area contributed by atoms with Crippen molar-refractivity contribution < 1.29 is 13.2 Å². The SMILES string of the molecule is COc1cc(C)c(S(=O)(=O)N(Cc2ccccc2)Cc2ccccc2)cc1C. The third kappa shape index (κ3) is 4.43. The maximum atomic E-state index is 13.6. The molecule has 146 valence electrons. The molecule has 28 heavy (non-hydrogen) atoms. The molecule has 0 amide bonds. The fourth-order valence-corrected chi connectivity index (χ4v) is 4.91. The lowest BCUT2D eigenvalue weighted by atomic mass is 10.1. The van der Waals surface area contributed by atoms with E-state index in [4.69, 9.17) is 4.74 Å².